The highest BCUT2D eigenvalue weighted by Gasteiger charge is 2.11. The number of carbonyl (C=O) groups is 2. The third-order valence-electron chi connectivity index (χ3n) is 3.62. The number of nitrogens with zero attached hydrogens (tertiary/aromatic N) is 1. The van der Waals surface area contributed by atoms with Crippen molar-refractivity contribution in [3.05, 3.63) is 65.4 Å². The van der Waals surface area contributed by atoms with E-state index < -0.39 is 5.91 Å². The van der Waals surface area contributed by atoms with Gasteiger partial charge in [0.1, 0.15) is 17.4 Å². The minimum absolute atomic E-state index is 0.106. The van der Waals surface area contributed by atoms with Crippen molar-refractivity contribution in [1.82, 2.24) is 0 Å². The summed E-state index contributed by atoms with van der Waals surface area (Å²) >= 11 is 0. The number of rotatable bonds is 6. The molecule has 0 spiro atoms. The number of ether oxygens (including phenoxy) is 1. The van der Waals surface area contributed by atoms with Crippen molar-refractivity contribution in [3.63, 3.8) is 0 Å². The van der Waals surface area contributed by atoms with Gasteiger partial charge in [-0.1, -0.05) is 18.2 Å². The van der Waals surface area contributed by atoms with E-state index in [1.165, 1.54) is 13.1 Å². The van der Waals surface area contributed by atoms with Gasteiger partial charge in [-0.25, -0.2) is 0 Å². The van der Waals surface area contributed by atoms with Gasteiger partial charge in [-0.2, -0.15) is 5.26 Å². The van der Waals surface area contributed by atoms with E-state index in [2.05, 4.69) is 10.6 Å². The summed E-state index contributed by atoms with van der Waals surface area (Å²) in [5, 5.41) is 14.8. The topological polar surface area (TPSA) is 91.2 Å². The SMILES string of the molecule is COc1ccc(C)cc1N/C=C(/C#N)C(=O)Nc1cccc(C(C)=O)c1. The number of nitriles is 1. The third-order valence-corrected chi connectivity index (χ3v) is 3.62. The predicted molar refractivity (Wildman–Crippen MR) is 100 cm³/mol. The molecule has 0 heterocycles. The Kier molecular flexibility index (Phi) is 6.12. The van der Waals surface area contributed by atoms with Gasteiger partial charge < -0.3 is 15.4 Å². The van der Waals surface area contributed by atoms with Gasteiger partial charge in [-0.3, -0.25) is 9.59 Å². The molecule has 0 aromatic heterocycles. The van der Waals surface area contributed by atoms with E-state index >= 15 is 0 Å². The molecular formula is C20H19N3O3. The van der Waals surface area contributed by atoms with Crippen LogP contribution in [0.5, 0.6) is 5.75 Å². The number of amides is 1. The first-order valence-electron chi connectivity index (χ1n) is 7.88. The van der Waals surface area contributed by atoms with Crippen LogP contribution in [-0.2, 0) is 4.79 Å². The van der Waals surface area contributed by atoms with Gasteiger partial charge in [-0.05, 0) is 43.7 Å². The number of Topliss-reactive ketones (excluding diaryl/α,β-unsaturated/α-hetero) is 1. The fourth-order valence-electron chi connectivity index (χ4n) is 2.25. The zero-order valence-corrected chi connectivity index (χ0v) is 14.8. The Morgan fingerprint density at radius 1 is 1.19 bits per heavy atom. The van der Waals surface area contributed by atoms with Crippen molar-refractivity contribution in [2.45, 2.75) is 13.8 Å². The molecule has 0 radical (unpaired) electrons. The summed E-state index contributed by atoms with van der Waals surface area (Å²) in [5.41, 5.74) is 2.46. The Morgan fingerprint density at radius 3 is 2.62 bits per heavy atom. The molecular weight excluding hydrogens is 330 g/mol. The molecule has 0 aliphatic heterocycles. The minimum atomic E-state index is -0.577. The van der Waals surface area contributed by atoms with Crippen LogP contribution in [-0.4, -0.2) is 18.8 Å². The van der Waals surface area contributed by atoms with E-state index in [9.17, 15) is 14.9 Å². The van der Waals surface area contributed by atoms with Gasteiger partial charge in [0, 0.05) is 17.5 Å². The van der Waals surface area contributed by atoms with Crippen LogP contribution in [0.3, 0.4) is 0 Å². The minimum Gasteiger partial charge on any atom is -0.495 e. The molecule has 2 N–H and O–H groups in total. The Hall–Kier alpha value is -3.59. The summed E-state index contributed by atoms with van der Waals surface area (Å²) in [7, 11) is 1.54. The van der Waals surface area contributed by atoms with Crippen molar-refractivity contribution >= 4 is 23.1 Å². The summed E-state index contributed by atoms with van der Waals surface area (Å²) in [6.07, 6.45) is 1.32. The average Bonchev–Trinajstić information content (AvgIpc) is 2.62. The second-order valence-corrected chi connectivity index (χ2v) is 5.61. The van der Waals surface area contributed by atoms with Crippen LogP contribution in [0.25, 0.3) is 0 Å². The van der Waals surface area contributed by atoms with Gasteiger partial charge in [0.25, 0.3) is 5.91 Å². The first-order valence-corrected chi connectivity index (χ1v) is 7.88. The molecule has 6 heteroatoms. The number of benzene rings is 2. The largest absolute Gasteiger partial charge is 0.495 e. The lowest BCUT2D eigenvalue weighted by molar-refractivity contribution is -0.112. The van der Waals surface area contributed by atoms with E-state index in [1.54, 1.807) is 37.4 Å². The van der Waals surface area contributed by atoms with E-state index in [-0.39, 0.29) is 11.4 Å². The number of anilines is 2. The summed E-state index contributed by atoms with van der Waals surface area (Å²) in [6, 6.07) is 13.9. The normalized spacial score (nSPS) is 10.6. The zero-order valence-electron chi connectivity index (χ0n) is 14.8. The number of hydrogen-bond acceptors (Lipinski definition) is 5. The molecule has 0 saturated carbocycles. The molecule has 0 aliphatic rings. The molecule has 0 saturated heterocycles. The molecule has 2 aromatic rings. The molecule has 0 bridgehead atoms. The lowest BCUT2D eigenvalue weighted by Crippen LogP contribution is -2.15. The molecule has 2 aromatic carbocycles. The molecule has 0 atom stereocenters. The van der Waals surface area contributed by atoms with E-state index in [4.69, 9.17) is 4.74 Å². The lowest BCUT2D eigenvalue weighted by atomic mass is 10.1. The average molecular weight is 349 g/mol. The van der Waals surface area contributed by atoms with E-state index in [1.807, 2.05) is 25.1 Å². The van der Waals surface area contributed by atoms with Crippen LogP contribution in [0.1, 0.15) is 22.8 Å². The number of ketones is 1. The molecule has 0 unspecified atom stereocenters. The summed E-state index contributed by atoms with van der Waals surface area (Å²) < 4.78 is 5.25. The van der Waals surface area contributed by atoms with Gasteiger partial charge in [-0.15, -0.1) is 0 Å². The van der Waals surface area contributed by atoms with Crippen molar-refractivity contribution in [3.8, 4) is 11.8 Å². The lowest BCUT2D eigenvalue weighted by Gasteiger charge is -2.10. The Balaban J connectivity index is 2.17. The second kappa shape index (κ2) is 8.49. The van der Waals surface area contributed by atoms with Crippen LogP contribution in [0.15, 0.2) is 54.2 Å². The fourth-order valence-corrected chi connectivity index (χ4v) is 2.25. The summed E-state index contributed by atoms with van der Waals surface area (Å²) in [5.74, 6) is -0.0867. The zero-order chi connectivity index (χ0) is 19.1. The van der Waals surface area contributed by atoms with Gasteiger partial charge in [0.05, 0.1) is 12.8 Å². The van der Waals surface area contributed by atoms with Crippen LogP contribution in [0.2, 0.25) is 0 Å². The summed E-state index contributed by atoms with van der Waals surface area (Å²) in [4.78, 5) is 23.7. The number of nitrogens with one attached hydrogen (secondary N) is 2. The molecule has 6 nitrogen and oxygen atoms in total. The monoisotopic (exact) mass is 349 g/mol. The highest BCUT2D eigenvalue weighted by Crippen LogP contribution is 2.25. The first kappa shape index (κ1) is 18.7. The second-order valence-electron chi connectivity index (χ2n) is 5.61. The van der Waals surface area contributed by atoms with Gasteiger partial charge in [0.2, 0.25) is 0 Å². The maximum Gasteiger partial charge on any atom is 0.267 e. The van der Waals surface area contributed by atoms with Gasteiger partial charge in [0.15, 0.2) is 5.78 Å². The fraction of sp³-hybridized carbons (Fsp3) is 0.150. The van der Waals surface area contributed by atoms with Gasteiger partial charge >= 0.3 is 0 Å². The number of methoxy groups -OCH3 is 1. The van der Waals surface area contributed by atoms with E-state index in [0.29, 0.717) is 22.7 Å². The van der Waals surface area contributed by atoms with Crippen molar-refractivity contribution in [2.24, 2.45) is 0 Å². The maximum atomic E-state index is 12.3. The van der Waals surface area contributed by atoms with Crippen LogP contribution < -0.4 is 15.4 Å². The van der Waals surface area contributed by atoms with E-state index in [0.717, 1.165) is 5.56 Å². The molecule has 26 heavy (non-hydrogen) atoms. The number of aryl methyl sites for hydroxylation is 1. The molecule has 132 valence electrons. The smallest absolute Gasteiger partial charge is 0.267 e. The van der Waals surface area contributed by atoms with Crippen LogP contribution in [0, 0.1) is 18.3 Å². The highest BCUT2D eigenvalue weighted by molar-refractivity contribution is 6.07. The quantitative estimate of drug-likeness (QED) is 0.472. The maximum absolute atomic E-state index is 12.3. The highest BCUT2D eigenvalue weighted by atomic mass is 16.5. The van der Waals surface area contributed by atoms with Crippen molar-refractivity contribution in [1.29, 1.82) is 5.26 Å². The Labute approximate surface area is 152 Å². The van der Waals surface area contributed by atoms with Crippen LogP contribution >= 0.6 is 0 Å². The van der Waals surface area contributed by atoms with Crippen molar-refractivity contribution < 1.29 is 14.3 Å². The Morgan fingerprint density at radius 2 is 1.96 bits per heavy atom. The predicted octanol–water partition coefficient (Wildman–Crippen LogP) is 3.66. The molecule has 2 rings (SSSR count). The standard InChI is InChI=1S/C20H19N3O3/c1-13-7-8-19(26-3)18(9-13)22-12-16(11-21)20(25)23-17-6-4-5-15(10-17)14(2)24/h4-10,12,22H,1-3H3,(H,23,25)/b16-12-. The van der Waals surface area contributed by atoms with Crippen LogP contribution in [0.4, 0.5) is 11.4 Å². The molecule has 0 aliphatic carbocycles. The summed E-state index contributed by atoms with van der Waals surface area (Å²) in [6.45, 7) is 3.37. The Bertz CT molecular complexity index is 911. The number of carbonyl (C=O) groups excluding carboxylic acids is 2. The third kappa shape index (κ3) is 4.71. The number of hydrogen-bond donors (Lipinski definition) is 2. The molecule has 0 fully saturated rings. The first-order chi connectivity index (χ1) is 12.4. The van der Waals surface area contributed by atoms with Crippen molar-refractivity contribution in [2.75, 3.05) is 17.7 Å². The molecule has 1 amide bonds.